The van der Waals surface area contributed by atoms with Crippen molar-refractivity contribution in [2.24, 2.45) is 5.92 Å². The van der Waals surface area contributed by atoms with Crippen LogP contribution in [0, 0.1) is 5.92 Å². The summed E-state index contributed by atoms with van der Waals surface area (Å²) >= 11 is 0. The SMILES string of the molecule is CCOC(=O)c1ccc(CNC(=O)C(C)CNC)cc1. The first kappa shape index (κ1) is 16.2. The highest BCUT2D eigenvalue weighted by atomic mass is 16.5. The van der Waals surface area contributed by atoms with Crippen LogP contribution < -0.4 is 10.6 Å². The molecule has 110 valence electrons. The van der Waals surface area contributed by atoms with Crippen LogP contribution in [0.1, 0.15) is 29.8 Å². The molecule has 1 amide bonds. The molecule has 5 heteroatoms. The molecule has 5 nitrogen and oxygen atoms in total. The molecule has 0 aliphatic carbocycles. The molecule has 0 fully saturated rings. The molecule has 1 atom stereocenters. The van der Waals surface area contributed by atoms with Gasteiger partial charge in [-0.05, 0) is 31.7 Å². The molecule has 1 rings (SSSR count). The minimum absolute atomic E-state index is 0.00817. The second-order valence-corrected chi connectivity index (χ2v) is 4.59. The Kier molecular flexibility index (Phi) is 6.73. The van der Waals surface area contributed by atoms with Gasteiger partial charge in [0.25, 0.3) is 0 Å². The zero-order chi connectivity index (χ0) is 15.0. The van der Waals surface area contributed by atoms with Gasteiger partial charge in [-0.2, -0.15) is 0 Å². The summed E-state index contributed by atoms with van der Waals surface area (Å²) in [5.74, 6) is -0.390. The van der Waals surface area contributed by atoms with Gasteiger partial charge in [0.15, 0.2) is 0 Å². The largest absolute Gasteiger partial charge is 0.462 e. The third-order valence-corrected chi connectivity index (χ3v) is 2.89. The first-order valence-corrected chi connectivity index (χ1v) is 6.76. The minimum Gasteiger partial charge on any atom is -0.462 e. The van der Waals surface area contributed by atoms with Gasteiger partial charge >= 0.3 is 5.97 Å². The quantitative estimate of drug-likeness (QED) is 0.739. The lowest BCUT2D eigenvalue weighted by Crippen LogP contribution is -2.33. The van der Waals surface area contributed by atoms with Gasteiger partial charge in [0.1, 0.15) is 0 Å². The molecule has 0 saturated heterocycles. The smallest absolute Gasteiger partial charge is 0.338 e. The van der Waals surface area contributed by atoms with Crippen LogP contribution in [0.3, 0.4) is 0 Å². The van der Waals surface area contributed by atoms with Gasteiger partial charge in [0.05, 0.1) is 12.2 Å². The predicted octanol–water partition coefficient (Wildman–Crippen LogP) is 1.33. The number of carbonyl (C=O) groups is 2. The number of ether oxygens (including phenoxy) is 1. The monoisotopic (exact) mass is 278 g/mol. The van der Waals surface area contributed by atoms with Gasteiger partial charge in [-0.1, -0.05) is 19.1 Å². The highest BCUT2D eigenvalue weighted by molar-refractivity contribution is 5.89. The Bertz CT molecular complexity index is 443. The van der Waals surface area contributed by atoms with Crippen LogP contribution in [0.15, 0.2) is 24.3 Å². The summed E-state index contributed by atoms with van der Waals surface area (Å²) in [4.78, 5) is 23.2. The summed E-state index contributed by atoms with van der Waals surface area (Å²) in [6.07, 6.45) is 0. The summed E-state index contributed by atoms with van der Waals surface area (Å²) < 4.78 is 4.91. The van der Waals surface area contributed by atoms with Crippen molar-refractivity contribution < 1.29 is 14.3 Å². The molecular weight excluding hydrogens is 256 g/mol. The zero-order valence-electron chi connectivity index (χ0n) is 12.2. The average Bonchev–Trinajstić information content (AvgIpc) is 2.45. The third kappa shape index (κ3) is 5.01. The molecule has 2 N–H and O–H groups in total. The van der Waals surface area contributed by atoms with Crippen molar-refractivity contribution in [3.05, 3.63) is 35.4 Å². The number of hydrogen-bond donors (Lipinski definition) is 2. The standard InChI is InChI=1S/C15H22N2O3/c1-4-20-15(19)13-7-5-12(6-8-13)10-17-14(18)11(2)9-16-3/h5-8,11,16H,4,9-10H2,1-3H3,(H,17,18). The number of hydrogen-bond acceptors (Lipinski definition) is 4. The molecule has 0 saturated carbocycles. The first-order valence-electron chi connectivity index (χ1n) is 6.76. The lowest BCUT2D eigenvalue weighted by Gasteiger charge is -2.11. The van der Waals surface area contributed by atoms with Gasteiger partial charge in [0.2, 0.25) is 5.91 Å². The maximum atomic E-state index is 11.7. The minimum atomic E-state index is -0.328. The van der Waals surface area contributed by atoms with Crippen LogP contribution in [0.25, 0.3) is 0 Å². The molecule has 0 aliphatic heterocycles. The number of rotatable bonds is 7. The van der Waals surface area contributed by atoms with Crippen molar-refractivity contribution in [2.45, 2.75) is 20.4 Å². The van der Waals surface area contributed by atoms with Crippen LogP contribution in [0.5, 0.6) is 0 Å². The molecule has 0 aliphatic rings. The topological polar surface area (TPSA) is 67.4 Å². The van der Waals surface area contributed by atoms with Crippen LogP contribution in [-0.4, -0.2) is 32.1 Å². The Labute approximate surface area is 119 Å². The van der Waals surface area contributed by atoms with Crippen molar-refractivity contribution in [1.29, 1.82) is 0 Å². The molecule has 0 radical (unpaired) electrons. The van der Waals surface area contributed by atoms with Gasteiger partial charge in [-0.3, -0.25) is 4.79 Å². The van der Waals surface area contributed by atoms with E-state index in [1.54, 1.807) is 19.1 Å². The van der Waals surface area contributed by atoms with E-state index in [0.29, 0.717) is 25.3 Å². The zero-order valence-corrected chi connectivity index (χ0v) is 12.2. The van der Waals surface area contributed by atoms with Crippen LogP contribution in [0.4, 0.5) is 0 Å². The summed E-state index contributed by atoms with van der Waals surface area (Å²) in [6.45, 7) is 5.10. The van der Waals surface area contributed by atoms with Crippen molar-refractivity contribution >= 4 is 11.9 Å². The van der Waals surface area contributed by atoms with Crippen molar-refractivity contribution in [1.82, 2.24) is 10.6 Å². The molecule has 1 aromatic carbocycles. The number of benzene rings is 1. The Hall–Kier alpha value is -1.88. The van der Waals surface area contributed by atoms with Gasteiger partial charge in [-0.25, -0.2) is 4.79 Å². The maximum Gasteiger partial charge on any atom is 0.338 e. The van der Waals surface area contributed by atoms with E-state index in [1.807, 2.05) is 26.1 Å². The molecule has 0 heterocycles. The maximum absolute atomic E-state index is 11.7. The number of nitrogens with one attached hydrogen (secondary N) is 2. The first-order chi connectivity index (χ1) is 9.58. The lowest BCUT2D eigenvalue weighted by atomic mass is 10.1. The van der Waals surface area contributed by atoms with E-state index < -0.39 is 0 Å². The van der Waals surface area contributed by atoms with E-state index in [1.165, 1.54) is 0 Å². The molecule has 0 bridgehead atoms. The van der Waals surface area contributed by atoms with E-state index in [-0.39, 0.29) is 17.8 Å². The van der Waals surface area contributed by atoms with Crippen LogP contribution >= 0.6 is 0 Å². The van der Waals surface area contributed by atoms with E-state index in [2.05, 4.69) is 10.6 Å². The predicted molar refractivity (Wildman–Crippen MR) is 77.3 cm³/mol. The average molecular weight is 278 g/mol. The number of amides is 1. The molecule has 0 aromatic heterocycles. The highest BCUT2D eigenvalue weighted by Crippen LogP contribution is 2.06. The molecule has 1 unspecified atom stereocenters. The Balaban J connectivity index is 2.49. The van der Waals surface area contributed by atoms with Crippen molar-refractivity contribution in [3.63, 3.8) is 0 Å². The van der Waals surface area contributed by atoms with E-state index >= 15 is 0 Å². The van der Waals surface area contributed by atoms with Gasteiger partial charge < -0.3 is 15.4 Å². The second-order valence-electron chi connectivity index (χ2n) is 4.59. The van der Waals surface area contributed by atoms with Gasteiger partial charge in [-0.15, -0.1) is 0 Å². The molecule has 1 aromatic rings. The molecular formula is C15H22N2O3. The van der Waals surface area contributed by atoms with E-state index in [4.69, 9.17) is 4.74 Å². The summed E-state index contributed by atoms with van der Waals surface area (Å²) in [5.41, 5.74) is 1.47. The van der Waals surface area contributed by atoms with Crippen molar-refractivity contribution in [3.8, 4) is 0 Å². The van der Waals surface area contributed by atoms with E-state index in [0.717, 1.165) is 5.56 Å². The second kappa shape index (κ2) is 8.32. The van der Waals surface area contributed by atoms with Crippen LogP contribution in [-0.2, 0) is 16.1 Å². The number of esters is 1. The molecule has 0 spiro atoms. The summed E-state index contributed by atoms with van der Waals surface area (Å²) in [7, 11) is 1.82. The van der Waals surface area contributed by atoms with Gasteiger partial charge in [0, 0.05) is 19.0 Å². The lowest BCUT2D eigenvalue weighted by molar-refractivity contribution is -0.124. The highest BCUT2D eigenvalue weighted by Gasteiger charge is 2.11. The summed E-state index contributed by atoms with van der Waals surface area (Å²) in [6, 6.07) is 7.04. The van der Waals surface area contributed by atoms with Crippen molar-refractivity contribution in [2.75, 3.05) is 20.2 Å². The molecule has 20 heavy (non-hydrogen) atoms. The fourth-order valence-electron chi connectivity index (χ4n) is 1.74. The third-order valence-electron chi connectivity index (χ3n) is 2.89. The normalized spacial score (nSPS) is 11.8. The Morgan fingerprint density at radius 1 is 1.25 bits per heavy atom. The Morgan fingerprint density at radius 3 is 2.45 bits per heavy atom. The van der Waals surface area contributed by atoms with E-state index in [9.17, 15) is 9.59 Å². The fraction of sp³-hybridized carbons (Fsp3) is 0.467. The fourth-order valence-corrected chi connectivity index (χ4v) is 1.74. The summed E-state index contributed by atoms with van der Waals surface area (Å²) in [5, 5.41) is 5.83. The van der Waals surface area contributed by atoms with Crippen LogP contribution in [0.2, 0.25) is 0 Å². The Morgan fingerprint density at radius 2 is 1.90 bits per heavy atom. The number of carbonyl (C=O) groups excluding carboxylic acids is 2.